The molecule has 1 aliphatic heterocycles. The Kier molecular flexibility index (Phi) is 6.68. The Morgan fingerprint density at radius 3 is 2.82 bits per heavy atom. The first-order valence-electron chi connectivity index (χ1n) is 7.98. The van der Waals surface area contributed by atoms with E-state index < -0.39 is 0 Å². The third-order valence-corrected chi connectivity index (χ3v) is 4.10. The van der Waals surface area contributed by atoms with Crippen LogP contribution in [0.25, 0.3) is 0 Å². The van der Waals surface area contributed by atoms with Gasteiger partial charge in [-0.25, -0.2) is 0 Å². The lowest BCUT2D eigenvalue weighted by Gasteiger charge is -2.22. The average Bonchev–Trinajstić information content (AvgIpc) is 2.56. The fourth-order valence-corrected chi connectivity index (χ4v) is 2.67. The molecule has 2 N–H and O–H groups in total. The predicted octanol–water partition coefficient (Wildman–Crippen LogP) is 1.66. The third kappa shape index (κ3) is 5.00. The zero-order valence-corrected chi connectivity index (χ0v) is 13.3. The molecule has 1 aromatic carbocycles. The molecule has 22 heavy (non-hydrogen) atoms. The quantitative estimate of drug-likeness (QED) is 0.804. The van der Waals surface area contributed by atoms with Gasteiger partial charge in [-0.2, -0.15) is 0 Å². The molecule has 2 rings (SSSR count). The Morgan fingerprint density at radius 2 is 2.18 bits per heavy atom. The van der Waals surface area contributed by atoms with Crippen molar-refractivity contribution in [3.63, 3.8) is 0 Å². The van der Waals surface area contributed by atoms with Crippen LogP contribution in [0.3, 0.4) is 0 Å². The minimum Gasteiger partial charge on any atom is -0.395 e. The molecule has 5 heteroatoms. The highest BCUT2D eigenvalue weighted by Gasteiger charge is 2.14. The summed E-state index contributed by atoms with van der Waals surface area (Å²) in [5.74, 6) is 0.539. The van der Waals surface area contributed by atoms with Gasteiger partial charge in [0.25, 0.3) is 5.91 Å². The van der Waals surface area contributed by atoms with Crippen molar-refractivity contribution in [3.8, 4) is 0 Å². The summed E-state index contributed by atoms with van der Waals surface area (Å²) in [6, 6.07) is 7.45. The van der Waals surface area contributed by atoms with E-state index in [-0.39, 0.29) is 12.5 Å². The van der Waals surface area contributed by atoms with Crippen LogP contribution in [0.1, 0.15) is 29.6 Å². The lowest BCUT2D eigenvalue weighted by Crippen LogP contribution is -2.28. The van der Waals surface area contributed by atoms with Gasteiger partial charge in [0.05, 0.1) is 6.61 Å². The van der Waals surface area contributed by atoms with E-state index in [2.05, 4.69) is 5.32 Å². The molecule has 0 unspecified atom stereocenters. The van der Waals surface area contributed by atoms with Gasteiger partial charge in [-0.05, 0) is 49.4 Å². The zero-order valence-electron chi connectivity index (χ0n) is 13.3. The van der Waals surface area contributed by atoms with Crippen LogP contribution in [-0.4, -0.2) is 51.0 Å². The highest BCUT2D eigenvalue weighted by atomic mass is 16.5. The molecule has 1 fully saturated rings. The van der Waals surface area contributed by atoms with E-state index in [0.717, 1.165) is 31.7 Å². The molecule has 1 aliphatic rings. The van der Waals surface area contributed by atoms with Gasteiger partial charge in [-0.1, -0.05) is 0 Å². The molecule has 1 amide bonds. The summed E-state index contributed by atoms with van der Waals surface area (Å²) < 4.78 is 5.44. The monoisotopic (exact) mass is 306 g/mol. The van der Waals surface area contributed by atoms with Crippen molar-refractivity contribution in [1.82, 2.24) is 5.32 Å². The maximum atomic E-state index is 12.1. The van der Waals surface area contributed by atoms with Crippen LogP contribution in [0.5, 0.6) is 0 Å². The van der Waals surface area contributed by atoms with Gasteiger partial charge in [0.2, 0.25) is 0 Å². The number of hydrogen-bond donors (Lipinski definition) is 2. The van der Waals surface area contributed by atoms with Crippen molar-refractivity contribution < 1.29 is 14.6 Å². The predicted molar refractivity (Wildman–Crippen MR) is 87.3 cm³/mol. The van der Waals surface area contributed by atoms with E-state index in [1.165, 1.54) is 6.42 Å². The molecule has 0 radical (unpaired) electrons. The Balaban J connectivity index is 1.77. The van der Waals surface area contributed by atoms with Gasteiger partial charge < -0.3 is 20.1 Å². The lowest BCUT2D eigenvalue weighted by molar-refractivity contribution is 0.0514. The number of carbonyl (C=O) groups excluding carboxylic acids is 1. The van der Waals surface area contributed by atoms with Crippen molar-refractivity contribution in [1.29, 1.82) is 0 Å². The number of nitrogens with zero attached hydrogens (tertiary/aromatic N) is 1. The van der Waals surface area contributed by atoms with Crippen LogP contribution in [0, 0.1) is 5.92 Å². The van der Waals surface area contributed by atoms with Crippen molar-refractivity contribution in [2.45, 2.75) is 19.3 Å². The Labute approximate surface area is 132 Å². The summed E-state index contributed by atoms with van der Waals surface area (Å²) in [4.78, 5) is 14.0. The van der Waals surface area contributed by atoms with Crippen LogP contribution in [0.4, 0.5) is 5.69 Å². The van der Waals surface area contributed by atoms with Gasteiger partial charge in [-0.3, -0.25) is 4.79 Å². The molecule has 1 heterocycles. The van der Waals surface area contributed by atoms with Gasteiger partial charge in [-0.15, -0.1) is 0 Å². The number of rotatable bonds is 7. The second-order valence-corrected chi connectivity index (χ2v) is 5.82. The maximum absolute atomic E-state index is 12.1. The molecule has 0 aromatic heterocycles. The van der Waals surface area contributed by atoms with Crippen LogP contribution >= 0.6 is 0 Å². The van der Waals surface area contributed by atoms with E-state index in [0.29, 0.717) is 24.6 Å². The van der Waals surface area contributed by atoms with E-state index >= 15 is 0 Å². The van der Waals surface area contributed by atoms with Crippen molar-refractivity contribution in [2.75, 3.05) is 44.9 Å². The van der Waals surface area contributed by atoms with Crippen molar-refractivity contribution in [2.24, 2.45) is 5.92 Å². The Morgan fingerprint density at radius 1 is 1.41 bits per heavy atom. The largest absolute Gasteiger partial charge is 0.395 e. The molecule has 5 nitrogen and oxygen atoms in total. The number of aliphatic hydroxyl groups excluding tert-OH is 1. The molecule has 0 bridgehead atoms. The van der Waals surface area contributed by atoms with Crippen LogP contribution in [0.15, 0.2) is 24.3 Å². The zero-order chi connectivity index (χ0) is 15.8. The summed E-state index contributed by atoms with van der Waals surface area (Å²) >= 11 is 0. The van der Waals surface area contributed by atoms with Gasteiger partial charge in [0.1, 0.15) is 0 Å². The molecule has 0 spiro atoms. The first-order valence-corrected chi connectivity index (χ1v) is 7.98. The molecule has 1 atom stereocenters. The number of ether oxygens (including phenoxy) is 1. The topological polar surface area (TPSA) is 61.8 Å². The normalized spacial score (nSPS) is 18.0. The first kappa shape index (κ1) is 16.8. The molecular formula is C17H26N2O3. The SMILES string of the molecule is CN(CCO)c1ccc(C(=O)NCC[C@H]2CCCOC2)cc1. The summed E-state index contributed by atoms with van der Waals surface area (Å²) in [6.45, 7) is 3.08. The Hall–Kier alpha value is -1.59. The number of likely N-dealkylation sites (N-methyl/N-ethyl adjacent to an activating group) is 1. The minimum atomic E-state index is -0.0342. The van der Waals surface area contributed by atoms with E-state index in [1.54, 1.807) is 0 Å². The molecule has 122 valence electrons. The number of benzene rings is 1. The fraction of sp³-hybridized carbons (Fsp3) is 0.588. The number of aliphatic hydroxyl groups is 1. The smallest absolute Gasteiger partial charge is 0.251 e. The molecule has 0 aliphatic carbocycles. The minimum absolute atomic E-state index is 0.0342. The van der Waals surface area contributed by atoms with Crippen LogP contribution in [0.2, 0.25) is 0 Å². The van der Waals surface area contributed by atoms with Gasteiger partial charge in [0, 0.05) is 44.6 Å². The van der Waals surface area contributed by atoms with E-state index in [9.17, 15) is 4.79 Å². The number of nitrogens with one attached hydrogen (secondary N) is 1. The number of hydrogen-bond acceptors (Lipinski definition) is 4. The summed E-state index contributed by atoms with van der Waals surface area (Å²) in [7, 11) is 1.91. The second kappa shape index (κ2) is 8.76. The molecule has 1 saturated heterocycles. The van der Waals surface area contributed by atoms with Crippen molar-refractivity contribution in [3.05, 3.63) is 29.8 Å². The fourth-order valence-electron chi connectivity index (χ4n) is 2.67. The number of anilines is 1. The van der Waals surface area contributed by atoms with Crippen molar-refractivity contribution >= 4 is 11.6 Å². The number of amides is 1. The number of carbonyl (C=O) groups is 1. The third-order valence-electron chi connectivity index (χ3n) is 4.10. The summed E-state index contributed by atoms with van der Waals surface area (Å²) in [5.41, 5.74) is 1.66. The van der Waals surface area contributed by atoms with Gasteiger partial charge in [0.15, 0.2) is 0 Å². The first-order chi connectivity index (χ1) is 10.7. The second-order valence-electron chi connectivity index (χ2n) is 5.82. The van der Waals surface area contributed by atoms with Crippen LogP contribution in [-0.2, 0) is 4.74 Å². The molecular weight excluding hydrogens is 280 g/mol. The van der Waals surface area contributed by atoms with Gasteiger partial charge >= 0.3 is 0 Å². The van der Waals surface area contributed by atoms with E-state index in [1.807, 2.05) is 36.2 Å². The lowest BCUT2D eigenvalue weighted by atomic mass is 9.99. The highest BCUT2D eigenvalue weighted by molar-refractivity contribution is 5.94. The maximum Gasteiger partial charge on any atom is 0.251 e. The van der Waals surface area contributed by atoms with E-state index in [4.69, 9.17) is 9.84 Å². The van der Waals surface area contributed by atoms with Crippen LogP contribution < -0.4 is 10.2 Å². The summed E-state index contributed by atoms with van der Waals surface area (Å²) in [6.07, 6.45) is 3.30. The Bertz CT molecular complexity index is 455. The molecule has 1 aromatic rings. The highest BCUT2D eigenvalue weighted by Crippen LogP contribution is 2.17. The molecule has 0 saturated carbocycles. The standard InChI is InChI=1S/C17H26N2O3/c1-19(10-11-20)16-6-4-15(5-7-16)17(21)18-9-8-14-3-2-12-22-13-14/h4-7,14,20H,2-3,8-13H2,1H3,(H,18,21)/t14-/m1/s1. The average molecular weight is 306 g/mol. The summed E-state index contributed by atoms with van der Waals surface area (Å²) in [5, 5.41) is 11.9.